The highest BCUT2D eigenvalue weighted by Crippen LogP contribution is 2.22. The second-order valence-corrected chi connectivity index (χ2v) is 4.33. The Balaban J connectivity index is 3.04. The molecule has 0 fully saturated rings. The second kappa shape index (κ2) is 3.48. The minimum Gasteiger partial charge on any atom is -0.266 e. The van der Waals surface area contributed by atoms with E-state index in [1.165, 1.54) is 0 Å². The highest BCUT2D eigenvalue weighted by atomic mass is 19.1. The third kappa shape index (κ3) is 2.29. The first-order valence-electron chi connectivity index (χ1n) is 4.56. The van der Waals surface area contributed by atoms with Crippen LogP contribution in [0.2, 0.25) is 0 Å². The van der Waals surface area contributed by atoms with Gasteiger partial charge >= 0.3 is 0 Å². The van der Waals surface area contributed by atoms with Crippen LogP contribution in [0, 0.1) is 6.92 Å². The van der Waals surface area contributed by atoms with Gasteiger partial charge < -0.3 is 0 Å². The molecule has 2 nitrogen and oxygen atoms in total. The van der Waals surface area contributed by atoms with Crippen LogP contribution in [0.3, 0.4) is 0 Å². The standard InChI is InChI=1S/C10H17FN2/c1-8-7-9(10(2,3)4)13(12-8)6-5-11/h7H,5-6H2,1-4H3. The molecule has 0 aliphatic carbocycles. The molecular weight excluding hydrogens is 167 g/mol. The number of aromatic nitrogens is 2. The first-order valence-corrected chi connectivity index (χ1v) is 4.56. The van der Waals surface area contributed by atoms with Gasteiger partial charge in [0.25, 0.3) is 0 Å². The summed E-state index contributed by atoms with van der Waals surface area (Å²) in [5.74, 6) is 0. The summed E-state index contributed by atoms with van der Waals surface area (Å²) < 4.78 is 14.0. The number of aryl methyl sites for hydroxylation is 2. The molecular formula is C10H17FN2. The summed E-state index contributed by atoms with van der Waals surface area (Å²) in [4.78, 5) is 0. The van der Waals surface area contributed by atoms with E-state index in [0.29, 0.717) is 6.54 Å². The van der Waals surface area contributed by atoms with Gasteiger partial charge in [-0.1, -0.05) is 20.8 Å². The summed E-state index contributed by atoms with van der Waals surface area (Å²) in [6.45, 7) is 8.27. The summed E-state index contributed by atoms with van der Waals surface area (Å²) in [6.07, 6.45) is 0. The van der Waals surface area contributed by atoms with Gasteiger partial charge in [0, 0.05) is 11.1 Å². The van der Waals surface area contributed by atoms with Crippen LogP contribution in [0.1, 0.15) is 32.2 Å². The SMILES string of the molecule is Cc1cc(C(C)(C)C)n(CCF)n1. The van der Waals surface area contributed by atoms with Gasteiger partial charge in [-0.15, -0.1) is 0 Å². The van der Waals surface area contributed by atoms with E-state index in [9.17, 15) is 4.39 Å². The maximum absolute atomic E-state index is 12.2. The topological polar surface area (TPSA) is 17.8 Å². The zero-order valence-corrected chi connectivity index (χ0v) is 8.76. The molecule has 0 aromatic carbocycles. The van der Waals surface area contributed by atoms with E-state index in [-0.39, 0.29) is 12.1 Å². The van der Waals surface area contributed by atoms with Crippen LogP contribution in [-0.4, -0.2) is 16.5 Å². The average molecular weight is 184 g/mol. The Hall–Kier alpha value is -0.860. The van der Waals surface area contributed by atoms with Crippen molar-refractivity contribution in [3.63, 3.8) is 0 Å². The normalized spacial score (nSPS) is 12.1. The van der Waals surface area contributed by atoms with Crippen LogP contribution in [0.15, 0.2) is 6.07 Å². The lowest BCUT2D eigenvalue weighted by Gasteiger charge is -2.19. The number of nitrogens with zero attached hydrogens (tertiary/aromatic N) is 2. The van der Waals surface area contributed by atoms with Crippen molar-refractivity contribution in [2.45, 2.75) is 39.7 Å². The second-order valence-electron chi connectivity index (χ2n) is 4.33. The predicted octanol–water partition coefficient (Wildman–Crippen LogP) is 2.46. The van der Waals surface area contributed by atoms with Crippen LogP contribution in [-0.2, 0) is 12.0 Å². The van der Waals surface area contributed by atoms with Gasteiger partial charge in [0.15, 0.2) is 0 Å². The third-order valence-electron chi connectivity index (χ3n) is 1.97. The summed E-state index contributed by atoms with van der Waals surface area (Å²) in [5.41, 5.74) is 2.09. The Morgan fingerprint density at radius 3 is 2.54 bits per heavy atom. The van der Waals surface area contributed by atoms with Gasteiger partial charge in [-0.25, -0.2) is 4.39 Å². The van der Waals surface area contributed by atoms with E-state index in [2.05, 4.69) is 25.9 Å². The molecule has 1 rings (SSSR count). The fourth-order valence-electron chi connectivity index (χ4n) is 1.40. The Morgan fingerprint density at radius 1 is 1.46 bits per heavy atom. The lowest BCUT2D eigenvalue weighted by molar-refractivity contribution is 0.400. The molecule has 0 aliphatic heterocycles. The van der Waals surface area contributed by atoms with Crippen LogP contribution in [0.5, 0.6) is 0 Å². The number of hydrogen-bond acceptors (Lipinski definition) is 1. The molecule has 0 saturated heterocycles. The zero-order valence-electron chi connectivity index (χ0n) is 8.76. The van der Waals surface area contributed by atoms with Crippen molar-refractivity contribution < 1.29 is 4.39 Å². The highest BCUT2D eigenvalue weighted by molar-refractivity contribution is 5.17. The van der Waals surface area contributed by atoms with Gasteiger partial charge in [-0.2, -0.15) is 5.10 Å². The lowest BCUT2D eigenvalue weighted by atomic mass is 9.92. The smallest absolute Gasteiger partial charge is 0.109 e. The molecule has 1 aromatic rings. The van der Waals surface area contributed by atoms with Gasteiger partial charge in [0.2, 0.25) is 0 Å². The van der Waals surface area contributed by atoms with E-state index >= 15 is 0 Å². The maximum Gasteiger partial charge on any atom is 0.109 e. The molecule has 0 spiro atoms. The minimum atomic E-state index is -0.357. The van der Waals surface area contributed by atoms with Crippen LogP contribution < -0.4 is 0 Å². The van der Waals surface area contributed by atoms with Crippen molar-refractivity contribution >= 4 is 0 Å². The first-order chi connectivity index (χ1) is 5.95. The molecule has 0 bridgehead atoms. The molecule has 1 aromatic heterocycles. The molecule has 0 radical (unpaired) electrons. The predicted molar refractivity (Wildman–Crippen MR) is 51.6 cm³/mol. The minimum absolute atomic E-state index is 0.0381. The Bertz CT molecular complexity index is 284. The fourth-order valence-corrected chi connectivity index (χ4v) is 1.40. The molecule has 0 saturated carbocycles. The molecule has 0 N–H and O–H groups in total. The monoisotopic (exact) mass is 184 g/mol. The Kier molecular flexibility index (Phi) is 2.74. The van der Waals surface area contributed by atoms with Crippen molar-refractivity contribution in [3.8, 4) is 0 Å². The van der Waals surface area contributed by atoms with Gasteiger partial charge in [-0.3, -0.25) is 4.68 Å². The lowest BCUT2D eigenvalue weighted by Crippen LogP contribution is -2.19. The quantitative estimate of drug-likeness (QED) is 0.690. The van der Waals surface area contributed by atoms with Crippen molar-refractivity contribution in [1.82, 2.24) is 9.78 Å². The van der Waals surface area contributed by atoms with Gasteiger partial charge in [0.05, 0.1) is 12.2 Å². The highest BCUT2D eigenvalue weighted by Gasteiger charge is 2.19. The van der Waals surface area contributed by atoms with E-state index in [0.717, 1.165) is 11.4 Å². The number of hydrogen-bond donors (Lipinski definition) is 0. The van der Waals surface area contributed by atoms with Gasteiger partial charge in [0.1, 0.15) is 6.67 Å². The first kappa shape index (κ1) is 10.2. The van der Waals surface area contributed by atoms with Crippen LogP contribution in [0.25, 0.3) is 0 Å². The van der Waals surface area contributed by atoms with Crippen molar-refractivity contribution in [1.29, 1.82) is 0 Å². The van der Waals surface area contributed by atoms with Crippen LogP contribution >= 0.6 is 0 Å². The van der Waals surface area contributed by atoms with Crippen LogP contribution in [0.4, 0.5) is 4.39 Å². The third-order valence-corrected chi connectivity index (χ3v) is 1.97. The zero-order chi connectivity index (χ0) is 10.1. The summed E-state index contributed by atoms with van der Waals surface area (Å²) in [5, 5.41) is 4.24. The van der Waals surface area contributed by atoms with Crippen molar-refractivity contribution in [2.24, 2.45) is 0 Å². The molecule has 1 heterocycles. The van der Waals surface area contributed by atoms with Crippen molar-refractivity contribution in [2.75, 3.05) is 6.67 Å². The maximum atomic E-state index is 12.2. The number of alkyl halides is 1. The molecule has 0 atom stereocenters. The molecule has 74 valence electrons. The molecule has 0 unspecified atom stereocenters. The average Bonchev–Trinajstić information content (AvgIpc) is 2.30. The van der Waals surface area contributed by atoms with E-state index in [1.54, 1.807) is 4.68 Å². The Morgan fingerprint density at radius 2 is 2.08 bits per heavy atom. The molecule has 3 heteroatoms. The summed E-state index contributed by atoms with van der Waals surface area (Å²) >= 11 is 0. The molecule has 13 heavy (non-hydrogen) atoms. The summed E-state index contributed by atoms with van der Waals surface area (Å²) in [7, 11) is 0. The number of halogens is 1. The Labute approximate surface area is 78.8 Å². The van der Waals surface area contributed by atoms with E-state index in [4.69, 9.17) is 0 Å². The van der Waals surface area contributed by atoms with E-state index in [1.807, 2.05) is 13.0 Å². The molecule has 0 amide bonds. The van der Waals surface area contributed by atoms with E-state index < -0.39 is 0 Å². The summed E-state index contributed by atoms with van der Waals surface area (Å²) in [6, 6.07) is 2.02. The van der Waals surface area contributed by atoms with Crippen molar-refractivity contribution in [3.05, 3.63) is 17.5 Å². The number of rotatable bonds is 2. The molecule has 0 aliphatic rings. The van der Waals surface area contributed by atoms with Gasteiger partial charge in [-0.05, 0) is 13.0 Å². The fraction of sp³-hybridized carbons (Fsp3) is 0.700. The largest absolute Gasteiger partial charge is 0.266 e.